The van der Waals surface area contributed by atoms with Crippen LogP contribution in [0.3, 0.4) is 0 Å². The van der Waals surface area contributed by atoms with Crippen molar-refractivity contribution in [3.63, 3.8) is 0 Å². The highest BCUT2D eigenvalue weighted by Gasteiger charge is 2.24. The van der Waals surface area contributed by atoms with Gasteiger partial charge in [0.25, 0.3) is 5.69 Å². The molecule has 0 aliphatic heterocycles. The highest BCUT2D eigenvalue weighted by atomic mass is 19.1. The van der Waals surface area contributed by atoms with E-state index in [1.807, 2.05) is 0 Å². The molecule has 0 saturated carbocycles. The summed E-state index contributed by atoms with van der Waals surface area (Å²) in [5.41, 5.74) is 0.554. The second-order valence-electron chi connectivity index (χ2n) is 4.35. The van der Waals surface area contributed by atoms with Gasteiger partial charge < -0.3 is 4.74 Å². The first kappa shape index (κ1) is 14.6. The second-order valence-corrected chi connectivity index (χ2v) is 4.35. The van der Waals surface area contributed by atoms with Gasteiger partial charge in [-0.15, -0.1) is 0 Å². The lowest BCUT2D eigenvalue weighted by atomic mass is 10.1. The minimum absolute atomic E-state index is 0.0555. The monoisotopic (exact) mass is 293 g/mol. The lowest BCUT2D eigenvalue weighted by molar-refractivity contribution is -0.384. The number of aromatic nitrogens is 2. The number of hydrogen-bond acceptors (Lipinski definition) is 5. The van der Waals surface area contributed by atoms with Gasteiger partial charge in [-0.3, -0.25) is 14.7 Å². The van der Waals surface area contributed by atoms with Crippen molar-refractivity contribution in [2.45, 2.75) is 13.8 Å². The van der Waals surface area contributed by atoms with E-state index in [2.05, 4.69) is 9.72 Å². The van der Waals surface area contributed by atoms with Gasteiger partial charge in [-0.25, -0.2) is 14.2 Å². The second kappa shape index (κ2) is 5.31. The van der Waals surface area contributed by atoms with Crippen molar-refractivity contribution >= 4 is 11.7 Å². The number of imidazole rings is 1. The minimum Gasteiger partial charge on any atom is -0.465 e. The molecule has 7 nitrogen and oxygen atoms in total. The maximum Gasteiger partial charge on any atom is 0.340 e. The van der Waals surface area contributed by atoms with Crippen LogP contribution < -0.4 is 0 Å². The summed E-state index contributed by atoms with van der Waals surface area (Å²) in [5, 5.41) is 11.1. The number of nitro benzene ring substituents is 1. The van der Waals surface area contributed by atoms with E-state index in [4.69, 9.17) is 0 Å². The van der Waals surface area contributed by atoms with Crippen molar-refractivity contribution in [3.05, 3.63) is 51.3 Å². The number of rotatable bonds is 3. The number of halogens is 1. The van der Waals surface area contributed by atoms with E-state index in [0.29, 0.717) is 17.5 Å². The topological polar surface area (TPSA) is 87.3 Å². The van der Waals surface area contributed by atoms with E-state index < -0.39 is 22.4 Å². The highest BCUT2D eigenvalue weighted by Crippen LogP contribution is 2.28. The van der Waals surface area contributed by atoms with Crippen LogP contribution in [0, 0.1) is 29.8 Å². The van der Waals surface area contributed by atoms with Crippen molar-refractivity contribution < 1.29 is 18.8 Å². The van der Waals surface area contributed by atoms with Crippen LogP contribution >= 0.6 is 0 Å². The number of nitro groups is 1. The van der Waals surface area contributed by atoms with E-state index in [-0.39, 0.29) is 11.3 Å². The lowest BCUT2D eigenvalue weighted by Crippen LogP contribution is -2.09. The molecule has 0 fully saturated rings. The zero-order valence-corrected chi connectivity index (χ0v) is 11.6. The quantitative estimate of drug-likeness (QED) is 0.492. The predicted molar refractivity (Wildman–Crippen MR) is 71.0 cm³/mol. The number of carbonyl (C=O) groups excluding carboxylic acids is 1. The maximum absolute atomic E-state index is 13.8. The zero-order chi connectivity index (χ0) is 15.7. The number of carbonyl (C=O) groups is 1. The van der Waals surface area contributed by atoms with Crippen LogP contribution in [-0.2, 0) is 4.74 Å². The summed E-state index contributed by atoms with van der Waals surface area (Å²) in [7, 11) is 1.11. The standard InChI is InChI=1S/C13H12FN3O4/c1-7-8(2)16(6-15-7)11-4-9(13(18)21-3)10(14)5-12(11)17(19)20/h4-6H,1-3H3. The van der Waals surface area contributed by atoms with Gasteiger partial charge in [0.15, 0.2) is 0 Å². The molecule has 1 heterocycles. The molecular weight excluding hydrogens is 281 g/mol. The van der Waals surface area contributed by atoms with E-state index in [1.165, 1.54) is 10.9 Å². The normalized spacial score (nSPS) is 10.5. The molecule has 110 valence electrons. The highest BCUT2D eigenvalue weighted by molar-refractivity contribution is 5.91. The first-order valence-electron chi connectivity index (χ1n) is 5.94. The van der Waals surface area contributed by atoms with E-state index in [9.17, 15) is 19.3 Å². The molecule has 1 aromatic carbocycles. The van der Waals surface area contributed by atoms with Crippen molar-refractivity contribution in [1.29, 1.82) is 0 Å². The molecule has 0 atom stereocenters. The molecule has 0 amide bonds. The molecule has 0 aliphatic carbocycles. The molecule has 8 heteroatoms. The molecule has 0 bridgehead atoms. The smallest absolute Gasteiger partial charge is 0.340 e. The Morgan fingerprint density at radius 3 is 2.57 bits per heavy atom. The first-order valence-corrected chi connectivity index (χ1v) is 5.94. The summed E-state index contributed by atoms with van der Waals surface area (Å²) < 4.78 is 19.7. The summed E-state index contributed by atoms with van der Waals surface area (Å²) in [6.45, 7) is 3.45. The van der Waals surface area contributed by atoms with Gasteiger partial charge in [0.05, 0.1) is 35.7 Å². The average molecular weight is 293 g/mol. The number of methoxy groups -OCH3 is 1. The Balaban J connectivity index is 2.75. The van der Waals surface area contributed by atoms with Crippen LogP contribution in [0.5, 0.6) is 0 Å². The first-order chi connectivity index (χ1) is 9.86. The summed E-state index contributed by atoms with van der Waals surface area (Å²) in [6, 6.07) is 1.80. The Morgan fingerprint density at radius 2 is 2.10 bits per heavy atom. The fraction of sp³-hybridized carbons (Fsp3) is 0.231. The molecule has 0 unspecified atom stereocenters. The van der Waals surface area contributed by atoms with E-state index in [0.717, 1.165) is 13.2 Å². The lowest BCUT2D eigenvalue weighted by Gasteiger charge is -2.09. The Kier molecular flexibility index (Phi) is 3.70. The predicted octanol–water partition coefficient (Wildman–Crippen LogP) is 2.32. The fourth-order valence-electron chi connectivity index (χ4n) is 1.90. The fourth-order valence-corrected chi connectivity index (χ4v) is 1.90. The average Bonchev–Trinajstić information content (AvgIpc) is 2.78. The van der Waals surface area contributed by atoms with Gasteiger partial charge in [0.1, 0.15) is 11.5 Å². The van der Waals surface area contributed by atoms with Crippen LogP contribution in [0.15, 0.2) is 18.5 Å². The minimum atomic E-state index is -1.01. The summed E-state index contributed by atoms with van der Waals surface area (Å²) >= 11 is 0. The van der Waals surface area contributed by atoms with Crippen LogP contribution in [0.4, 0.5) is 10.1 Å². The number of hydrogen-bond donors (Lipinski definition) is 0. The Hall–Kier alpha value is -2.77. The molecular formula is C13H12FN3O4. The Labute approximate surface area is 119 Å². The Morgan fingerprint density at radius 1 is 1.43 bits per heavy atom. The molecule has 2 rings (SSSR count). The number of aryl methyl sites for hydroxylation is 1. The van der Waals surface area contributed by atoms with Crippen molar-refractivity contribution in [1.82, 2.24) is 9.55 Å². The largest absolute Gasteiger partial charge is 0.465 e. The van der Waals surface area contributed by atoms with E-state index >= 15 is 0 Å². The van der Waals surface area contributed by atoms with Gasteiger partial charge in [0, 0.05) is 5.69 Å². The number of nitrogens with zero attached hydrogens (tertiary/aromatic N) is 3. The maximum atomic E-state index is 13.8. The van der Waals surface area contributed by atoms with Crippen LogP contribution in [0.25, 0.3) is 5.69 Å². The molecule has 21 heavy (non-hydrogen) atoms. The molecule has 0 spiro atoms. The third kappa shape index (κ3) is 2.47. The SMILES string of the molecule is COC(=O)c1cc(-n2cnc(C)c2C)c([N+](=O)[O-])cc1F. The van der Waals surface area contributed by atoms with Crippen molar-refractivity contribution in [2.75, 3.05) is 7.11 Å². The van der Waals surface area contributed by atoms with Crippen LogP contribution in [-0.4, -0.2) is 27.6 Å². The van der Waals surface area contributed by atoms with Gasteiger partial charge >= 0.3 is 5.97 Å². The molecule has 0 N–H and O–H groups in total. The summed E-state index contributed by atoms with van der Waals surface area (Å²) in [5.74, 6) is -1.91. The molecule has 2 aromatic rings. The number of esters is 1. The third-order valence-electron chi connectivity index (χ3n) is 3.18. The summed E-state index contributed by atoms with van der Waals surface area (Å²) in [6.07, 6.45) is 1.38. The van der Waals surface area contributed by atoms with Gasteiger partial charge in [0.2, 0.25) is 0 Å². The van der Waals surface area contributed by atoms with Crippen LogP contribution in [0.1, 0.15) is 21.7 Å². The van der Waals surface area contributed by atoms with Gasteiger partial charge in [-0.05, 0) is 19.9 Å². The van der Waals surface area contributed by atoms with E-state index in [1.54, 1.807) is 13.8 Å². The van der Waals surface area contributed by atoms with Gasteiger partial charge in [-0.1, -0.05) is 0 Å². The summed E-state index contributed by atoms with van der Waals surface area (Å²) in [4.78, 5) is 26.0. The zero-order valence-electron chi connectivity index (χ0n) is 11.6. The molecule has 0 saturated heterocycles. The number of ether oxygens (including phenoxy) is 1. The number of benzene rings is 1. The third-order valence-corrected chi connectivity index (χ3v) is 3.18. The van der Waals surface area contributed by atoms with Gasteiger partial charge in [-0.2, -0.15) is 0 Å². The van der Waals surface area contributed by atoms with Crippen molar-refractivity contribution in [2.24, 2.45) is 0 Å². The Bertz CT molecular complexity index is 739. The van der Waals surface area contributed by atoms with Crippen LogP contribution in [0.2, 0.25) is 0 Å². The molecule has 1 aromatic heterocycles. The molecule has 0 aliphatic rings. The van der Waals surface area contributed by atoms with Crippen molar-refractivity contribution in [3.8, 4) is 5.69 Å². The molecule has 0 radical (unpaired) electrons.